The highest BCUT2D eigenvalue weighted by Crippen LogP contribution is 2.35. The zero-order valence-corrected chi connectivity index (χ0v) is 15.7. The third-order valence-electron chi connectivity index (χ3n) is 4.88. The van der Waals surface area contributed by atoms with Gasteiger partial charge in [-0.2, -0.15) is 0 Å². The van der Waals surface area contributed by atoms with Crippen molar-refractivity contribution in [2.24, 2.45) is 0 Å². The Bertz CT molecular complexity index is 1030. The van der Waals surface area contributed by atoms with Crippen LogP contribution in [0.25, 0.3) is 22.5 Å². The molecule has 1 aromatic carbocycles. The first-order valence-corrected chi connectivity index (χ1v) is 10.7. The van der Waals surface area contributed by atoms with Crippen molar-refractivity contribution in [3.8, 4) is 22.5 Å². The molecule has 4 rings (SSSR count). The van der Waals surface area contributed by atoms with Crippen molar-refractivity contribution in [2.45, 2.75) is 23.8 Å². The smallest absolute Gasteiger partial charge is 0.193 e. The molecule has 27 heavy (non-hydrogen) atoms. The summed E-state index contributed by atoms with van der Waals surface area (Å²) in [6.07, 6.45) is 4.88. The molecule has 0 saturated carbocycles. The minimum absolute atomic E-state index is 0.0408. The lowest BCUT2D eigenvalue weighted by molar-refractivity contribution is 0.460. The van der Waals surface area contributed by atoms with E-state index in [9.17, 15) is 8.42 Å². The molecule has 1 aliphatic heterocycles. The number of tetrazole rings is 1. The Balaban J connectivity index is 1.80. The summed E-state index contributed by atoms with van der Waals surface area (Å²) in [4.78, 5) is 4.07. The predicted octanol–water partition coefficient (Wildman–Crippen LogP) is 1.80. The molecule has 140 valence electrons. The number of aromatic amines is 1. The van der Waals surface area contributed by atoms with E-state index < -0.39 is 9.84 Å². The highest BCUT2D eigenvalue weighted by Gasteiger charge is 2.23. The van der Waals surface area contributed by atoms with Gasteiger partial charge in [0.1, 0.15) is 0 Å². The lowest BCUT2D eigenvalue weighted by Gasteiger charge is -2.23. The minimum Gasteiger partial charge on any atom is -0.317 e. The number of rotatable bonds is 4. The number of H-pyrrole nitrogens is 1. The van der Waals surface area contributed by atoms with Crippen LogP contribution in [-0.4, -0.2) is 53.4 Å². The number of nitrogens with one attached hydrogen (secondary N) is 2. The third kappa shape index (κ3) is 3.60. The third-order valence-corrected chi connectivity index (χ3v) is 5.89. The van der Waals surface area contributed by atoms with Gasteiger partial charge in [0.15, 0.2) is 20.7 Å². The fourth-order valence-electron chi connectivity index (χ4n) is 3.55. The van der Waals surface area contributed by atoms with Gasteiger partial charge in [0.2, 0.25) is 0 Å². The van der Waals surface area contributed by atoms with Crippen molar-refractivity contribution < 1.29 is 8.42 Å². The van der Waals surface area contributed by atoms with Crippen LogP contribution in [0, 0.1) is 0 Å². The van der Waals surface area contributed by atoms with Crippen LogP contribution < -0.4 is 5.32 Å². The lowest BCUT2D eigenvalue weighted by Crippen LogP contribution is -2.26. The van der Waals surface area contributed by atoms with Crippen LogP contribution in [0.4, 0.5) is 0 Å². The van der Waals surface area contributed by atoms with Crippen LogP contribution in [0.2, 0.25) is 0 Å². The van der Waals surface area contributed by atoms with E-state index in [0.717, 1.165) is 43.3 Å². The molecule has 0 spiro atoms. The standard InChI is InChI=1S/C18H20N6O2S/c1-27(25,26)18-16(17-21-23-24-22-17)15(8-11-20-18)14-4-2-12(3-5-14)13-6-9-19-10-7-13/h2-5,8,11,13,19H,6-7,9-10H2,1H3,(H,21,22,23,24). The largest absolute Gasteiger partial charge is 0.317 e. The number of nitrogens with zero attached hydrogens (tertiary/aromatic N) is 4. The molecule has 0 atom stereocenters. The molecule has 2 N–H and O–H groups in total. The molecule has 1 saturated heterocycles. The van der Waals surface area contributed by atoms with Crippen molar-refractivity contribution in [3.05, 3.63) is 42.1 Å². The molecule has 2 aromatic heterocycles. The van der Waals surface area contributed by atoms with Crippen LogP contribution in [0.3, 0.4) is 0 Å². The highest BCUT2D eigenvalue weighted by molar-refractivity contribution is 7.90. The summed E-state index contributed by atoms with van der Waals surface area (Å²) in [6.45, 7) is 2.08. The monoisotopic (exact) mass is 384 g/mol. The number of aromatic nitrogens is 5. The van der Waals surface area contributed by atoms with Gasteiger partial charge in [-0.15, -0.1) is 5.10 Å². The average molecular weight is 384 g/mol. The summed E-state index contributed by atoms with van der Waals surface area (Å²) in [5.74, 6) is 0.836. The van der Waals surface area contributed by atoms with Crippen molar-refractivity contribution in [2.75, 3.05) is 19.3 Å². The summed E-state index contributed by atoms with van der Waals surface area (Å²) < 4.78 is 24.5. The van der Waals surface area contributed by atoms with Gasteiger partial charge < -0.3 is 5.32 Å². The fraction of sp³-hybridized carbons (Fsp3) is 0.333. The first kappa shape index (κ1) is 17.7. The van der Waals surface area contributed by atoms with Crippen LogP contribution in [0.1, 0.15) is 24.3 Å². The SMILES string of the molecule is CS(=O)(=O)c1nccc(-c2ccc(C3CCNCC3)cc2)c1-c1nnn[nH]1. The molecule has 1 fully saturated rings. The van der Waals surface area contributed by atoms with Gasteiger partial charge in [-0.05, 0) is 65.0 Å². The number of hydrogen-bond acceptors (Lipinski definition) is 7. The first-order chi connectivity index (χ1) is 13.0. The predicted molar refractivity (Wildman–Crippen MR) is 101 cm³/mol. The summed E-state index contributed by atoms with van der Waals surface area (Å²) in [7, 11) is -3.55. The van der Waals surface area contributed by atoms with Gasteiger partial charge in [-0.3, -0.25) is 0 Å². The van der Waals surface area contributed by atoms with E-state index in [4.69, 9.17) is 0 Å². The molecule has 3 aromatic rings. The van der Waals surface area contributed by atoms with Crippen LogP contribution in [0.15, 0.2) is 41.6 Å². The fourth-order valence-corrected chi connectivity index (χ4v) is 4.38. The first-order valence-electron chi connectivity index (χ1n) is 8.78. The number of piperidine rings is 1. The minimum atomic E-state index is -3.55. The zero-order valence-electron chi connectivity index (χ0n) is 14.9. The van der Waals surface area contributed by atoms with Crippen molar-refractivity contribution in [3.63, 3.8) is 0 Å². The van der Waals surface area contributed by atoms with Gasteiger partial charge in [0.05, 0.1) is 5.56 Å². The maximum atomic E-state index is 12.2. The van der Waals surface area contributed by atoms with Crippen molar-refractivity contribution in [1.82, 2.24) is 30.9 Å². The highest BCUT2D eigenvalue weighted by atomic mass is 32.2. The van der Waals surface area contributed by atoms with E-state index in [1.165, 1.54) is 11.8 Å². The Labute approximate surface area is 157 Å². The molecule has 0 unspecified atom stereocenters. The van der Waals surface area contributed by atoms with Crippen LogP contribution >= 0.6 is 0 Å². The molecule has 0 bridgehead atoms. The molecule has 9 heteroatoms. The summed E-state index contributed by atoms with van der Waals surface area (Å²) >= 11 is 0. The molecular weight excluding hydrogens is 364 g/mol. The molecule has 8 nitrogen and oxygen atoms in total. The van der Waals surface area contributed by atoms with Crippen LogP contribution in [-0.2, 0) is 9.84 Å². The maximum Gasteiger partial charge on any atom is 0.193 e. The van der Waals surface area contributed by atoms with E-state index >= 15 is 0 Å². The van der Waals surface area contributed by atoms with E-state index in [1.54, 1.807) is 6.07 Å². The van der Waals surface area contributed by atoms with E-state index in [1.807, 2.05) is 12.1 Å². The Morgan fingerprint density at radius 3 is 2.44 bits per heavy atom. The molecule has 0 radical (unpaired) electrons. The number of hydrogen-bond donors (Lipinski definition) is 2. The number of pyridine rings is 1. The van der Waals surface area contributed by atoms with Gasteiger partial charge in [0, 0.05) is 12.5 Å². The average Bonchev–Trinajstić information content (AvgIpc) is 3.22. The topological polar surface area (TPSA) is 114 Å². The Kier molecular flexibility index (Phi) is 4.71. The Morgan fingerprint density at radius 1 is 1.07 bits per heavy atom. The summed E-state index contributed by atoms with van der Waals surface area (Å²) in [5.41, 5.74) is 3.31. The van der Waals surface area contributed by atoms with Crippen LogP contribution in [0.5, 0.6) is 0 Å². The maximum absolute atomic E-state index is 12.2. The second-order valence-corrected chi connectivity index (χ2v) is 8.64. The summed E-state index contributed by atoms with van der Waals surface area (Å²) in [5, 5.41) is 17.1. The number of sulfone groups is 1. The molecule has 0 aliphatic carbocycles. The molecule has 1 aliphatic rings. The molecule has 3 heterocycles. The van der Waals surface area contributed by atoms with E-state index in [2.05, 4.69) is 43.1 Å². The lowest BCUT2D eigenvalue weighted by atomic mass is 9.89. The van der Waals surface area contributed by atoms with Gasteiger partial charge in [-0.1, -0.05) is 24.3 Å². The molecular formula is C18H20N6O2S. The zero-order chi connectivity index (χ0) is 18.9. The summed E-state index contributed by atoms with van der Waals surface area (Å²) in [6, 6.07) is 10.1. The molecule has 0 amide bonds. The normalized spacial score (nSPS) is 15.7. The van der Waals surface area contributed by atoms with Gasteiger partial charge in [0.25, 0.3) is 0 Å². The quantitative estimate of drug-likeness (QED) is 0.705. The van der Waals surface area contributed by atoms with Crippen molar-refractivity contribution in [1.29, 1.82) is 0 Å². The van der Waals surface area contributed by atoms with Crippen molar-refractivity contribution >= 4 is 9.84 Å². The van der Waals surface area contributed by atoms with E-state index in [0.29, 0.717) is 11.5 Å². The second kappa shape index (κ2) is 7.16. The van der Waals surface area contributed by atoms with Gasteiger partial charge >= 0.3 is 0 Å². The number of benzene rings is 1. The van der Waals surface area contributed by atoms with E-state index in [-0.39, 0.29) is 10.9 Å². The second-order valence-electron chi connectivity index (χ2n) is 6.71. The Morgan fingerprint density at radius 2 is 1.81 bits per heavy atom. The Hall–Kier alpha value is -2.65. The van der Waals surface area contributed by atoms with Gasteiger partial charge in [-0.25, -0.2) is 18.5 Å².